The van der Waals surface area contributed by atoms with Crippen LogP contribution >= 0.6 is 11.8 Å². The fourth-order valence-corrected chi connectivity index (χ4v) is 2.68. The number of carbonyl (C=O) groups excluding carboxylic acids is 2. The van der Waals surface area contributed by atoms with Crippen LogP contribution in [0, 0.1) is 13.8 Å². The highest BCUT2D eigenvalue weighted by atomic mass is 32.2. The van der Waals surface area contributed by atoms with Crippen LogP contribution in [0.2, 0.25) is 0 Å². The van der Waals surface area contributed by atoms with Gasteiger partial charge in [0.25, 0.3) is 11.8 Å². The van der Waals surface area contributed by atoms with E-state index in [-0.39, 0.29) is 0 Å². The number of nitrogens with two attached hydrogens (primary N) is 1. The van der Waals surface area contributed by atoms with Gasteiger partial charge in [-0.2, -0.15) is 11.8 Å². The van der Waals surface area contributed by atoms with Gasteiger partial charge in [0.05, 0.1) is 0 Å². The van der Waals surface area contributed by atoms with Gasteiger partial charge in [0.2, 0.25) is 0 Å². The van der Waals surface area contributed by atoms with Crippen LogP contribution in [0.1, 0.15) is 34.8 Å². The summed E-state index contributed by atoms with van der Waals surface area (Å²) in [6.07, 6.45) is -0.829. The molecule has 6 nitrogen and oxygen atoms in total. The first-order valence-corrected chi connectivity index (χ1v) is 8.71. The van der Waals surface area contributed by atoms with E-state index in [9.17, 15) is 14.7 Å². The fourth-order valence-electron chi connectivity index (χ4n) is 1.96. The van der Waals surface area contributed by atoms with Crippen LogP contribution in [0.15, 0.2) is 18.2 Å². The van der Waals surface area contributed by atoms with E-state index in [1.165, 1.54) is 0 Å². The maximum atomic E-state index is 12.1. The van der Waals surface area contributed by atoms with Gasteiger partial charge in [0, 0.05) is 11.6 Å². The van der Waals surface area contributed by atoms with E-state index in [1.807, 2.05) is 32.9 Å². The maximum absolute atomic E-state index is 12.1. The molecule has 5 N–H and O–H groups in total. The molecule has 2 amide bonds. The average molecular weight is 339 g/mol. The van der Waals surface area contributed by atoms with Crippen molar-refractivity contribution in [2.75, 3.05) is 11.5 Å². The van der Waals surface area contributed by atoms with E-state index >= 15 is 0 Å². The molecule has 0 aliphatic carbocycles. The minimum Gasteiger partial charge on any atom is -0.382 e. The molecule has 0 aromatic heterocycles. The quantitative estimate of drug-likeness (QED) is 0.436. The van der Waals surface area contributed by atoms with Gasteiger partial charge in [-0.15, -0.1) is 0 Å². The van der Waals surface area contributed by atoms with Crippen molar-refractivity contribution in [1.82, 2.24) is 10.9 Å². The number of amides is 2. The first-order valence-electron chi connectivity index (χ1n) is 7.55. The third-order valence-electron chi connectivity index (χ3n) is 3.41. The van der Waals surface area contributed by atoms with Crippen molar-refractivity contribution in [3.63, 3.8) is 0 Å². The third kappa shape index (κ3) is 6.21. The lowest BCUT2D eigenvalue weighted by Crippen LogP contribution is -2.52. The van der Waals surface area contributed by atoms with Gasteiger partial charge in [-0.05, 0) is 43.4 Å². The number of hydrazine groups is 1. The van der Waals surface area contributed by atoms with Gasteiger partial charge in [-0.3, -0.25) is 20.4 Å². The second kappa shape index (κ2) is 9.54. The predicted octanol–water partition coefficient (Wildman–Crippen LogP) is 0.896. The molecule has 1 aromatic carbocycles. The lowest BCUT2D eigenvalue weighted by molar-refractivity contribution is -0.131. The first kappa shape index (κ1) is 19.5. The SMILES string of the molecule is CCSCC[C@@H](N)C(O)C(=O)NNC(=O)c1cc(C)ccc1C. The maximum Gasteiger partial charge on any atom is 0.269 e. The summed E-state index contributed by atoms with van der Waals surface area (Å²) in [6, 6.07) is 4.82. The van der Waals surface area contributed by atoms with Crippen molar-refractivity contribution < 1.29 is 14.7 Å². The zero-order valence-electron chi connectivity index (χ0n) is 13.8. The second-order valence-corrected chi connectivity index (χ2v) is 6.75. The standard InChI is InChI=1S/C16H25N3O3S/c1-4-23-8-7-13(17)14(20)16(22)19-18-15(21)12-9-10(2)5-6-11(12)3/h5-6,9,13-14,20H,4,7-8,17H2,1-3H3,(H,18,21)(H,19,22)/t13-,14?/m1/s1. The van der Waals surface area contributed by atoms with Crippen molar-refractivity contribution >= 4 is 23.6 Å². The minimum absolute atomic E-state index is 0.429. The monoisotopic (exact) mass is 339 g/mol. The summed E-state index contributed by atoms with van der Waals surface area (Å²) in [7, 11) is 0. The molecule has 1 unspecified atom stereocenters. The van der Waals surface area contributed by atoms with Gasteiger partial charge >= 0.3 is 0 Å². The largest absolute Gasteiger partial charge is 0.382 e. The first-order chi connectivity index (χ1) is 10.9. The van der Waals surface area contributed by atoms with Crippen LogP contribution in [0.5, 0.6) is 0 Å². The van der Waals surface area contributed by atoms with Gasteiger partial charge in [0.1, 0.15) is 6.10 Å². The fraction of sp³-hybridized carbons (Fsp3) is 0.500. The number of hydrogen-bond acceptors (Lipinski definition) is 5. The highest BCUT2D eigenvalue weighted by molar-refractivity contribution is 7.99. The molecule has 0 heterocycles. The molecule has 0 saturated heterocycles. The molecule has 0 saturated carbocycles. The van der Waals surface area contributed by atoms with E-state index in [1.54, 1.807) is 17.8 Å². The van der Waals surface area contributed by atoms with Crippen LogP contribution in [0.25, 0.3) is 0 Å². The summed E-state index contributed by atoms with van der Waals surface area (Å²) in [5.74, 6) is 0.595. The van der Waals surface area contributed by atoms with E-state index in [0.29, 0.717) is 12.0 Å². The van der Waals surface area contributed by atoms with Crippen molar-refractivity contribution in [3.05, 3.63) is 34.9 Å². The van der Waals surface area contributed by atoms with Crippen LogP contribution < -0.4 is 16.6 Å². The van der Waals surface area contributed by atoms with Crippen LogP contribution in [0.3, 0.4) is 0 Å². The number of aryl methyl sites for hydroxylation is 2. The Labute approximate surface area is 141 Å². The van der Waals surface area contributed by atoms with E-state index in [0.717, 1.165) is 22.6 Å². The molecule has 0 aliphatic rings. The Hall–Kier alpha value is -1.57. The molecule has 0 fully saturated rings. The molecule has 1 rings (SSSR count). The van der Waals surface area contributed by atoms with Crippen molar-refractivity contribution in [3.8, 4) is 0 Å². The van der Waals surface area contributed by atoms with Gasteiger partial charge in [-0.25, -0.2) is 0 Å². The topological polar surface area (TPSA) is 104 Å². The molecule has 7 heteroatoms. The lowest BCUT2D eigenvalue weighted by Gasteiger charge is -2.18. The highest BCUT2D eigenvalue weighted by Crippen LogP contribution is 2.10. The van der Waals surface area contributed by atoms with Crippen LogP contribution in [0.4, 0.5) is 0 Å². The number of thioether (sulfide) groups is 1. The minimum atomic E-state index is -1.36. The Bertz CT molecular complexity index is 551. The molecule has 1 aromatic rings. The number of nitrogens with one attached hydrogen (secondary N) is 2. The zero-order chi connectivity index (χ0) is 17.4. The lowest BCUT2D eigenvalue weighted by atomic mass is 10.1. The molecule has 23 heavy (non-hydrogen) atoms. The summed E-state index contributed by atoms with van der Waals surface area (Å²) in [5, 5.41) is 9.87. The van der Waals surface area contributed by atoms with E-state index in [4.69, 9.17) is 5.73 Å². The summed E-state index contributed by atoms with van der Waals surface area (Å²) in [6.45, 7) is 5.72. The number of aliphatic hydroxyl groups excluding tert-OH is 1. The Morgan fingerprint density at radius 2 is 2.00 bits per heavy atom. The van der Waals surface area contributed by atoms with Crippen molar-refractivity contribution in [1.29, 1.82) is 0 Å². The Kier molecular flexibility index (Phi) is 8.08. The second-order valence-electron chi connectivity index (χ2n) is 5.36. The molecule has 0 bridgehead atoms. The Morgan fingerprint density at radius 1 is 1.30 bits per heavy atom. The summed E-state index contributed by atoms with van der Waals surface area (Å²) in [4.78, 5) is 23.9. The number of benzene rings is 1. The number of aliphatic hydroxyl groups is 1. The van der Waals surface area contributed by atoms with Gasteiger partial charge in [0.15, 0.2) is 0 Å². The smallest absolute Gasteiger partial charge is 0.269 e. The average Bonchev–Trinajstić information content (AvgIpc) is 2.53. The van der Waals surface area contributed by atoms with Gasteiger partial charge in [-0.1, -0.05) is 24.6 Å². The summed E-state index contributed by atoms with van der Waals surface area (Å²) in [5.41, 5.74) is 12.5. The Balaban J connectivity index is 2.51. The zero-order valence-corrected chi connectivity index (χ0v) is 14.6. The number of rotatable bonds is 7. The van der Waals surface area contributed by atoms with E-state index < -0.39 is 24.0 Å². The van der Waals surface area contributed by atoms with Crippen molar-refractivity contribution in [2.45, 2.75) is 39.3 Å². The predicted molar refractivity (Wildman–Crippen MR) is 93.1 cm³/mol. The third-order valence-corrected chi connectivity index (χ3v) is 4.34. The van der Waals surface area contributed by atoms with Gasteiger partial charge < -0.3 is 10.8 Å². The highest BCUT2D eigenvalue weighted by Gasteiger charge is 2.23. The molecule has 0 aliphatic heterocycles. The number of carbonyl (C=O) groups is 2. The normalized spacial score (nSPS) is 13.3. The molecular formula is C16H25N3O3S. The summed E-state index contributed by atoms with van der Waals surface area (Å²) >= 11 is 1.69. The molecule has 128 valence electrons. The number of hydrogen-bond donors (Lipinski definition) is 4. The van der Waals surface area contributed by atoms with Crippen molar-refractivity contribution in [2.24, 2.45) is 5.73 Å². The van der Waals surface area contributed by atoms with E-state index in [2.05, 4.69) is 10.9 Å². The Morgan fingerprint density at radius 3 is 2.65 bits per heavy atom. The summed E-state index contributed by atoms with van der Waals surface area (Å²) < 4.78 is 0. The molecule has 2 atom stereocenters. The molecular weight excluding hydrogens is 314 g/mol. The van der Waals surface area contributed by atoms with Crippen LogP contribution in [-0.2, 0) is 4.79 Å². The molecule has 0 radical (unpaired) electrons. The van der Waals surface area contributed by atoms with Crippen LogP contribution in [-0.4, -0.2) is 40.6 Å². The molecule has 0 spiro atoms.